The molecule has 0 amide bonds. The van der Waals surface area contributed by atoms with Crippen molar-refractivity contribution in [1.82, 2.24) is 4.57 Å². The van der Waals surface area contributed by atoms with Crippen LogP contribution in [0.25, 0.3) is 0 Å². The lowest BCUT2D eigenvalue weighted by Crippen LogP contribution is -2.24. The highest BCUT2D eigenvalue weighted by Gasteiger charge is 2.20. The second kappa shape index (κ2) is 9.67. The molecule has 1 heterocycles. The fourth-order valence-electron chi connectivity index (χ4n) is 2.15. The van der Waals surface area contributed by atoms with Crippen LogP contribution in [0.3, 0.4) is 0 Å². The van der Waals surface area contributed by atoms with Gasteiger partial charge >= 0.3 is 0 Å². The lowest BCUT2D eigenvalue weighted by Gasteiger charge is -2.20. The minimum atomic E-state index is -1.44. The number of aromatic nitrogens is 1. The molecule has 142 valence electrons. The van der Waals surface area contributed by atoms with Crippen molar-refractivity contribution < 1.29 is 13.7 Å². The number of rotatable bonds is 8. The van der Waals surface area contributed by atoms with E-state index < -0.39 is 17.2 Å². The summed E-state index contributed by atoms with van der Waals surface area (Å²) in [5, 5.41) is 2.89. The van der Waals surface area contributed by atoms with Crippen LogP contribution in [0.5, 0.6) is 5.75 Å². The minimum absolute atomic E-state index is 0.184. The Kier molecular flexibility index (Phi) is 7.86. The smallest absolute Gasteiger partial charge is 0.255 e. The fourth-order valence-corrected chi connectivity index (χ4v) is 3.83. The second-order valence-corrected chi connectivity index (χ2v) is 8.20. The molecule has 1 unspecified atom stereocenters. The molecule has 2 aromatic rings. The van der Waals surface area contributed by atoms with Crippen LogP contribution in [-0.4, -0.2) is 27.9 Å². The first-order valence-electron chi connectivity index (χ1n) is 7.58. The Labute approximate surface area is 172 Å². The van der Waals surface area contributed by atoms with E-state index in [1.54, 1.807) is 12.1 Å². The molecule has 2 rings (SSSR count). The molecule has 0 fully saturated rings. The van der Waals surface area contributed by atoms with Crippen molar-refractivity contribution >= 4 is 62.7 Å². The summed E-state index contributed by atoms with van der Waals surface area (Å²) in [6, 6.07) is 5.94. The van der Waals surface area contributed by atoms with Crippen LogP contribution in [-0.2, 0) is 18.4 Å². The lowest BCUT2D eigenvalue weighted by molar-refractivity contribution is 0.415. The van der Waals surface area contributed by atoms with Gasteiger partial charge in [0.1, 0.15) is 17.4 Å². The van der Waals surface area contributed by atoms with Gasteiger partial charge in [-0.05, 0) is 40.8 Å². The van der Waals surface area contributed by atoms with Gasteiger partial charge in [-0.3, -0.25) is 9.36 Å². The number of hydrogen-bond acceptors (Lipinski definition) is 5. The zero-order valence-electron chi connectivity index (χ0n) is 14.1. The van der Waals surface area contributed by atoms with Crippen molar-refractivity contribution in [3.8, 4) is 5.75 Å². The van der Waals surface area contributed by atoms with Crippen LogP contribution >= 0.6 is 34.2 Å². The standard InChI is InChI=1S/C16H18ClFIN3O3S/c1-22-14(23)9-13(25-2)15(21-26(24)7-3-6-17)16(22)20-12-5-4-10(19)8-11(12)18/h4-5,8-9,20-21H,3,6-7H2,1-2H3. The number of nitrogens with one attached hydrogen (secondary N) is 2. The van der Waals surface area contributed by atoms with Crippen molar-refractivity contribution in [2.75, 3.05) is 28.8 Å². The first kappa shape index (κ1) is 21.1. The summed E-state index contributed by atoms with van der Waals surface area (Å²) in [7, 11) is 2.93. The van der Waals surface area contributed by atoms with Gasteiger partial charge in [0.25, 0.3) is 5.56 Å². The normalized spacial score (nSPS) is 11.9. The summed E-state index contributed by atoms with van der Waals surface area (Å²) in [6.07, 6.45) is 0.559. The summed E-state index contributed by atoms with van der Waals surface area (Å²) < 4.78 is 36.6. The van der Waals surface area contributed by atoms with Crippen LogP contribution in [0.4, 0.5) is 21.6 Å². The minimum Gasteiger partial charge on any atom is -0.593 e. The van der Waals surface area contributed by atoms with E-state index in [4.69, 9.17) is 16.3 Å². The van der Waals surface area contributed by atoms with E-state index in [-0.39, 0.29) is 22.8 Å². The second-order valence-electron chi connectivity index (χ2n) is 5.28. The summed E-state index contributed by atoms with van der Waals surface area (Å²) in [5.41, 5.74) is 0.135. The van der Waals surface area contributed by atoms with Gasteiger partial charge in [-0.1, -0.05) is 0 Å². The molecule has 26 heavy (non-hydrogen) atoms. The largest absolute Gasteiger partial charge is 0.593 e. The van der Waals surface area contributed by atoms with Gasteiger partial charge in [0, 0.05) is 29.0 Å². The number of anilines is 3. The van der Waals surface area contributed by atoms with E-state index in [1.807, 2.05) is 22.6 Å². The van der Waals surface area contributed by atoms with Gasteiger partial charge in [-0.15, -0.1) is 11.6 Å². The summed E-state index contributed by atoms with van der Waals surface area (Å²) in [5.74, 6) is 0.694. The SMILES string of the molecule is COc1cc(=O)n(C)c(Nc2ccc(I)cc2F)c1N[S+]([O-])CCCCl. The molecule has 2 N–H and O–H groups in total. The van der Waals surface area contributed by atoms with Gasteiger partial charge in [0.05, 0.1) is 24.2 Å². The summed E-state index contributed by atoms with van der Waals surface area (Å²) in [4.78, 5) is 12.2. The Bertz CT molecular complexity index is 837. The topological polar surface area (TPSA) is 78.3 Å². The third-order valence-electron chi connectivity index (χ3n) is 3.49. The number of nitrogens with zero attached hydrogens (tertiary/aromatic N) is 1. The quantitative estimate of drug-likeness (QED) is 0.321. The first-order valence-corrected chi connectivity index (χ1v) is 10.5. The van der Waals surface area contributed by atoms with E-state index in [9.17, 15) is 13.7 Å². The van der Waals surface area contributed by atoms with E-state index in [0.29, 0.717) is 23.7 Å². The molecule has 0 aliphatic heterocycles. The third-order valence-corrected chi connectivity index (χ3v) is 5.52. The number of hydrogen-bond donors (Lipinski definition) is 2. The highest BCUT2D eigenvalue weighted by molar-refractivity contribution is 14.1. The monoisotopic (exact) mass is 513 g/mol. The molecule has 0 radical (unpaired) electrons. The Morgan fingerprint density at radius 1 is 1.42 bits per heavy atom. The summed E-state index contributed by atoms with van der Waals surface area (Å²) in [6.45, 7) is 0. The average molecular weight is 514 g/mol. The van der Waals surface area contributed by atoms with Gasteiger partial charge < -0.3 is 14.6 Å². The molecule has 0 aliphatic rings. The lowest BCUT2D eigenvalue weighted by atomic mass is 10.3. The Morgan fingerprint density at radius 2 is 2.15 bits per heavy atom. The van der Waals surface area contributed by atoms with Crippen LogP contribution in [0.2, 0.25) is 0 Å². The molecule has 10 heteroatoms. The van der Waals surface area contributed by atoms with Crippen LogP contribution in [0, 0.1) is 9.39 Å². The fraction of sp³-hybridized carbons (Fsp3) is 0.312. The molecule has 0 saturated heterocycles. The first-order chi connectivity index (χ1) is 12.4. The van der Waals surface area contributed by atoms with E-state index >= 15 is 0 Å². The molecular weight excluding hydrogens is 496 g/mol. The van der Waals surface area contributed by atoms with Crippen LogP contribution in [0.1, 0.15) is 6.42 Å². The number of alkyl halides is 1. The molecule has 1 aromatic heterocycles. The average Bonchev–Trinajstić information content (AvgIpc) is 2.60. The van der Waals surface area contributed by atoms with E-state index in [2.05, 4.69) is 10.0 Å². The van der Waals surface area contributed by atoms with Gasteiger partial charge in [0.2, 0.25) is 0 Å². The van der Waals surface area contributed by atoms with Gasteiger partial charge in [-0.25, -0.2) is 9.11 Å². The molecule has 0 spiro atoms. The molecule has 1 aromatic carbocycles. The molecule has 0 bridgehead atoms. The van der Waals surface area contributed by atoms with E-state index in [0.717, 1.165) is 3.57 Å². The van der Waals surface area contributed by atoms with Crippen LogP contribution in [0.15, 0.2) is 29.1 Å². The Hall–Kier alpha value is -1.17. The van der Waals surface area contributed by atoms with Crippen molar-refractivity contribution in [2.24, 2.45) is 7.05 Å². The predicted octanol–water partition coefficient (Wildman–Crippen LogP) is 3.59. The zero-order chi connectivity index (χ0) is 19.3. The Morgan fingerprint density at radius 3 is 2.77 bits per heavy atom. The number of benzene rings is 1. The van der Waals surface area contributed by atoms with Crippen molar-refractivity contribution in [2.45, 2.75) is 6.42 Å². The van der Waals surface area contributed by atoms with E-state index in [1.165, 1.54) is 30.9 Å². The van der Waals surface area contributed by atoms with Crippen molar-refractivity contribution in [3.63, 3.8) is 0 Å². The van der Waals surface area contributed by atoms with Crippen molar-refractivity contribution in [1.29, 1.82) is 0 Å². The number of pyridine rings is 1. The van der Waals surface area contributed by atoms with Crippen LogP contribution < -0.4 is 20.3 Å². The molecule has 0 aliphatic carbocycles. The summed E-state index contributed by atoms with van der Waals surface area (Å²) >= 11 is 6.20. The highest BCUT2D eigenvalue weighted by atomic mass is 127. The highest BCUT2D eigenvalue weighted by Crippen LogP contribution is 2.34. The maximum atomic E-state index is 14.2. The number of ether oxygens (including phenoxy) is 1. The maximum Gasteiger partial charge on any atom is 0.255 e. The molecule has 6 nitrogen and oxygen atoms in total. The van der Waals surface area contributed by atoms with Crippen molar-refractivity contribution in [3.05, 3.63) is 44.0 Å². The zero-order valence-corrected chi connectivity index (χ0v) is 17.9. The molecule has 1 atom stereocenters. The predicted molar refractivity (Wildman–Crippen MR) is 113 cm³/mol. The van der Waals surface area contributed by atoms with Gasteiger partial charge in [-0.2, -0.15) is 0 Å². The Balaban J connectivity index is 2.47. The van der Waals surface area contributed by atoms with Gasteiger partial charge in [0.15, 0.2) is 11.4 Å². The third kappa shape index (κ3) is 5.18. The maximum absolute atomic E-state index is 14.2. The number of methoxy groups -OCH3 is 1. The number of halogens is 3. The molecular formula is C16H18ClFIN3O3S. The molecule has 0 saturated carbocycles.